The molecule has 3 heterocycles. The Hall–Kier alpha value is -3.41. The lowest BCUT2D eigenvalue weighted by molar-refractivity contribution is 0.0952. The summed E-state index contributed by atoms with van der Waals surface area (Å²) < 4.78 is 1.75. The van der Waals surface area contributed by atoms with Crippen LogP contribution < -0.4 is 5.32 Å². The zero-order valence-electron chi connectivity index (χ0n) is 13.7. The number of benzene rings is 1. The third-order valence-corrected chi connectivity index (χ3v) is 4.12. The summed E-state index contributed by atoms with van der Waals surface area (Å²) in [6.45, 7) is 0.416. The largest absolute Gasteiger partial charge is 0.360 e. The van der Waals surface area contributed by atoms with E-state index in [9.17, 15) is 4.79 Å². The molecule has 0 aliphatic heterocycles. The molecule has 0 unspecified atom stereocenters. The first-order chi connectivity index (χ1) is 12.2. The van der Waals surface area contributed by atoms with Gasteiger partial charge in [-0.25, -0.2) is 0 Å². The molecule has 124 valence electrons. The zero-order valence-corrected chi connectivity index (χ0v) is 13.7. The van der Waals surface area contributed by atoms with Gasteiger partial charge < -0.3 is 10.3 Å². The molecule has 2 N–H and O–H groups in total. The van der Waals surface area contributed by atoms with Crippen LogP contribution in [-0.4, -0.2) is 25.7 Å². The maximum absolute atomic E-state index is 12.5. The van der Waals surface area contributed by atoms with Crippen LogP contribution in [0.5, 0.6) is 0 Å². The van der Waals surface area contributed by atoms with Crippen molar-refractivity contribution in [1.82, 2.24) is 25.1 Å². The van der Waals surface area contributed by atoms with Crippen molar-refractivity contribution in [2.24, 2.45) is 7.05 Å². The zero-order chi connectivity index (χ0) is 17.2. The van der Waals surface area contributed by atoms with Crippen LogP contribution in [0.3, 0.4) is 0 Å². The fraction of sp³-hybridized carbons (Fsp3) is 0.105. The third-order valence-electron chi connectivity index (χ3n) is 4.12. The number of hydrogen-bond donors (Lipinski definition) is 2. The van der Waals surface area contributed by atoms with Gasteiger partial charge in [0.05, 0.1) is 11.8 Å². The number of carbonyl (C=O) groups excluding carboxylic acids is 1. The van der Waals surface area contributed by atoms with Gasteiger partial charge in [0, 0.05) is 60.4 Å². The Morgan fingerprint density at radius 2 is 2.08 bits per heavy atom. The van der Waals surface area contributed by atoms with Crippen molar-refractivity contribution in [2.75, 3.05) is 0 Å². The van der Waals surface area contributed by atoms with E-state index in [4.69, 9.17) is 0 Å². The number of aromatic nitrogens is 4. The lowest BCUT2D eigenvalue weighted by atomic mass is 10.1. The van der Waals surface area contributed by atoms with Gasteiger partial charge in [0.15, 0.2) is 0 Å². The molecule has 0 fully saturated rings. The summed E-state index contributed by atoms with van der Waals surface area (Å²) in [6, 6.07) is 9.77. The number of para-hydroxylation sites is 1. The summed E-state index contributed by atoms with van der Waals surface area (Å²) in [7, 11) is 1.88. The second-order valence-electron chi connectivity index (χ2n) is 5.92. The van der Waals surface area contributed by atoms with Crippen LogP contribution in [0.15, 0.2) is 61.3 Å². The number of nitrogens with zero attached hydrogens (tertiary/aromatic N) is 3. The van der Waals surface area contributed by atoms with E-state index in [0.717, 1.165) is 27.6 Å². The van der Waals surface area contributed by atoms with E-state index in [1.807, 2.05) is 43.6 Å². The monoisotopic (exact) mass is 331 g/mol. The van der Waals surface area contributed by atoms with Gasteiger partial charge >= 0.3 is 0 Å². The number of fused-ring (bicyclic) bond motifs is 1. The molecule has 1 aromatic carbocycles. The Labute approximate surface area is 144 Å². The van der Waals surface area contributed by atoms with Crippen LogP contribution in [0.25, 0.3) is 22.0 Å². The molecule has 1 amide bonds. The average molecular weight is 331 g/mol. The molecule has 0 atom stereocenters. The maximum atomic E-state index is 12.5. The first kappa shape index (κ1) is 15.1. The van der Waals surface area contributed by atoms with Gasteiger partial charge in [-0.3, -0.25) is 14.5 Å². The van der Waals surface area contributed by atoms with E-state index in [0.29, 0.717) is 12.1 Å². The predicted molar refractivity (Wildman–Crippen MR) is 95.9 cm³/mol. The molecular weight excluding hydrogens is 314 g/mol. The summed E-state index contributed by atoms with van der Waals surface area (Å²) in [5.41, 5.74) is 4.51. The van der Waals surface area contributed by atoms with Gasteiger partial charge in [0.2, 0.25) is 0 Å². The van der Waals surface area contributed by atoms with Gasteiger partial charge in [-0.1, -0.05) is 18.2 Å². The third kappa shape index (κ3) is 3.01. The summed E-state index contributed by atoms with van der Waals surface area (Å²) in [6.07, 6.45) is 9.03. The molecule has 3 aromatic heterocycles. The summed E-state index contributed by atoms with van der Waals surface area (Å²) >= 11 is 0. The standard InChI is InChI=1S/C19H17N5O/c1-24-12-15(10-23-24)14-6-13(7-20-9-14)8-22-19(25)17-11-21-18-5-3-2-4-16(17)18/h2-7,9-12,21H,8H2,1H3,(H,22,25). The molecule has 0 radical (unpaired) electrons. The van der Waals surface area contributed by atoms with Crippen LogP contribution in [0.4, 0.5) is 0 Å². The lowest BCUT2D eigenvalue weighted by Crippen LogP contribution is -2.22. The summed E-state index contributed by atoms with van der Waals surface area (Å²) in [5, 5.41) is 8.05. The van der Waals surface area contributed by atoms with Crippen molar-refractivity contribution in [2.45, 2.75) is 6.54 Å². The second kappa shape index (κ2) is 6.24. The van der Waals surface area contributed by atoms with Gasteiger partial charge in [-0.2, -0.15) is 5.10 Å². The highest BCUT2D eigenvalue weighted by Crippen LogP contribution is 2.19. The molecule has 25 heavy (non-hydrogen) atoms. The molecule has 4 aromatic rings. The number of aryl methyl sites for hydroxylation is 1. The quantitative estimate of drug-likeness (QED) is 0.604. The van der Waals surface area contributed by atoms with Crippen LogP contribution in [0, 0.1) is 0 Å². The van der Waals surface area contributed by atoms with Crippen molar-refractivity contribution in [3.63, 3.8) is 0 Å². The Bertz CT molecular complexity index is 1050. The minimum Gasteiger partial charge on any atom is -0.360 e. The lowest BCUT2D eigenvalue weighted by Gasteiger charge is -2.06. The van der Waals surface area contributed by atoms with Crippen molar-refractivity contribution in [3.8, 4) is 11.1 Å². The molecule has 0 aliphatic rings. The molecule has 6 nitrogen and oxygen atoms in total. The highest BCUT2D eigenvalue weighted by molar-refractivity contribution is 6.06. The van der Waals surface area contributed by atoms with Crippen LogP contribution in [0.2, 0.25) is 0 Å². The SMILES string of the molecule is Cn1cc(-c2cncc(CNC(=O)c3c[nH]c4ccccc34)c2)cn1. The molecule has 0 saturated carbocycles. The number of hydrogen-bond acceptors (Lipinski definition) is 3. The maximum Gasteiger partial charge on any atom is 0.253 e. The Balaban J connectivity index is 1.50. The number of nitrogens with one attached hydrogen (secondary N) is 2. The fourth-order valence-corrected chi connectivity index (χ4v) is 2.85. The van der Waals surface area contributed by atoms with Gasteiger partial charge in [0.1, 0.15) is 0 Å². The molecule has 6 heteroatoms. The smallest absolute Gasteiger partial charge is 0.253 e. The first-order valence-electron chi connectivity index (χ1n) is 7.98. The average Bonchev–Trinajstić information content (AvgIpc) is 3.26. The van der Waals surface area contributed by atoms with E-state index in [1.54, 1.807) is 29.5 Å². The van der Waals surface area contributed by atoms with E-state index in [1.165, 1.54) is 0 Å². The fourth-order valence-electron chi connectivity index (χ4n) is 2.85. The van der Waals surface area contributed by atoms with Gasteiger partial charge in [-0.15, -0.1) is 0 Å². The van der Waals surface area contributed by atoms with Crippen LogP contribution >= 0.6 is 0 Å². The number of H-pyrrole nitrogens is 1. The van der Waals surface area contributed by atoms with Crippen molar-refractivity contribution in [3.05, 3.63) is 72.4 Å². The van der Waals surface area contributed by atoms with Gasteiger partial charge in [0.25, 0.3) is 5.91 Å². The molecular formula is C19H17N5O. The van der Waals surface area contributed by atoms with Gasteiger partial charge in [-0.05, 0) is 17.7 Å². The molecule has 4 rings (SSSR count). The van der Waals surface area contributed by atoms with Crippen molar-refractivity contribution < 1.29 is 4.79 Å². The molecule has 0 spiro atoms. The normalized spacial score (nSPS) is 10.9. The van der Waals surface area contributed by atoms with E-state index >= 15 is 0 Å². The highest BCUT2D eigenvalue weighted by Gasteiger charge is 2.11. The Morgan fingerprint density at radius 1 is 1.20 bits per heavy atom. The predicted octanol–water partition coefficient (Wildman–Crippen LogP) is 2.89. The molecule has 0 aliphatic carbocycles. The number of carbonyl (C=O) groups is 1. The molecule has 0 saturated heterocycles. The Kier molecular flexibility index (Phi) is 3.78. The number of amides is 1. The van der Waals surface area contributed by atoms with E-state index in [-0.39, 0.29) is 5.91 Å². The minimum absolute atomic E-state index is 0.107. The number of pyridine rings is 1. The Morgan fingerprint density at radius 3 is 2.92 bits per heavy atom. The first-order valence-corrected chi connectivity index (χ1v) is 7.98. The second-order valence-corrected chi connectivity index (χ2v) is 5.92. The van der Waals surface area contributed by atoms with Crippen LogP contribution in [0.1, 0.15) is 15.9 Å². The van der Waals surface area contributed by atoms with E-state index < -0.39 is 0 Å². The summed E-state index contributed by atoms with van der Waals surface area (Å²) in [5.74, 6) is -0.107. The number of aromatic amines is 1. The molecule has 0 bridgehead atoms. The topological polar surface area (TPSA) is 75.6 Å². The van der Waals surface area contributed by atoms with Crippen molar-refractivity contribution >= 4 is 16.8 Å². The minimum atomic E-state index is -0.107. The number of rotatable bonds is 4. The summed E-state index contributed by atoms with van der Waals surface area (Å²) in [4.78, 5) is 19.9. The highest BCUT2D eigenvalue weighted by atomic mass is 16.1. The van der Waals surface area contributed by atoms with Crippen LogP contribution in [-0.2, 0) is 13.6 Å². The van der Waals surface area contributed by atoms with Crippen molar-refractivity contribution in [1.29, 1.82) is 0 Å². The van der Waals surface area contributed by atoms with E-state index in [2.05, 4.69) is 20.4 Å².